The summed E-state index contributed by atoms with van der Waals surface area (Å²) in [7, 11) is 0. The molecule has 0 aromatic heterocycles. The van der Waals surface area contributed by atoms with Crippen LogP contribution in [0.3, 0.4) is 0 Å². The van der Waals surface area contributed by atoms with Crippen molar-refractivity contribution in [1.82, 2.24) is 0 Å². The maximum Gasteiger partial charge on any atom is 0.327 e. The second kappa shape index (κ2) is 4.78. The third-order valence-corrected chi connectivity index (χ3v) is 3.26. The minimum absolute atomic E-state index is 0.324. The molecule has 18 heavy (non-hydrogen) atoms. The van der Waals surface area contributed by atoms with Crippen LogP contribution in [0.4, 0.5) is 5.69 Å². The normalized spacial score (nSPS) is 19.4. The van der Waals surface area contributed by atoms with Crippen LogP contribution in [-0.4, -0.2) is 29.1 Å². The second-order valence-electron chi connectivity index (χ2n) is 4.41. The van der Waals surface area contributed by atoms with Crippen molar-refractivity contribution in [1.29, 1.82) is 0 Å². The third-order valence-electron chi connectivity index (χ3n) is 3.26. The van der Waals surface area contributed by atoms with Crippen LogP contribution in [0.15, 0.2) is 24.3 Å². The molecule has 1 aliphatic heterocycles. The Morgan fingerprint density at radius 3 is 2.78 bits per heavy atom. The predicted molar refractivity (Wildman–Crippen MR) is 67.3 cm³/mol. The van der Waals surface area contributed by atoms with Gasteiger partial charge in [-0.1, -0.05) is 25.1 Å². The SMILES string of the molecule is CCC(N)C(=O)N1c2ccccc2CC1C(=O)O. The van der Waals surface area contributed by atoms with E-state index in [4.69, 9.17) is 5.73 Å². The van der Waals surface area contributed by atoms with E-state index >= 15 is 0 Å². The lowest BCUT2D eigenvalue weighted by Crippen LogP contribution is -2.49. The molecule has 5 heteroatoms. The van der Waals surface area contributed by atoms with Crippen LogP contribution in [0.1, 0.15) is 18.9 Å². The number of carboxylic acid groups (broad SMARTS) is 1. The fraction of sp³-hybridized carbons (Fsp3) is 0.385. The van der Waals surface area contributed by atoms with Crippen molar-refractivity contribution < 1.29 is 14.7 Å². The summed E-state index contributed by atoms with van der Waals surface area (Å²) in [5.74, 6) is -1.32. The van der Waals surface area contributed by atoms with Crippen molar-refractivity contribution in [3.8, 4) is 0 Å². The van der Waals surface area contributed by atoms with Gasteiger partial charge in [-0.2, -0.15) is 0 Å². The highest BCUT2D eigenvalue weighted by Gasteiger charge is 2.39. The molecular weight excluding hydrogens is 232 g/mol. The van der Waals surface area contributed by atoms with E-state index in [0.717, 1.165) is 5.56 Å². The Kier molecular flexibility index (Phi) is 3.34. The van der Waals surface area contributed by atoms with E-state index in [-0.39, 0.29) is 5.91 Å². The largest absolute Gasteiger partial charge is 0.480 e. The van der Waals surface area contributed by atoms with Gasteiger partial charge in [-0.25, -0.2) is 4.79 Å². The number of hydrogen-bond donors (Lipinski definition) is 2. The lowest BCUT2D eigenvalue weighted by Gasteiger charge is -2.25. The fourth-order valence-corrected chi connectivity index (χ4v) is 2.21. The van der Waals surface area contributed by atoms with Gasteiger partial charge >= 0.3 is 5.97 Å². The molecule has 2 atom stereocenters. The van der Waals surface area contributed by atoms with Gasteiger partial charge in [-0.15, -0.1) is 0 Å². The molecule has 0 fully saturated rings. The van der Waals surface area contributed by atoms with Gasteiger partial charge in [0.15, 0.2) is 0 Å². The molecule has 1 heterocycles. The van der Waals surface area contributed by atoms with Crippen LogP contribution in [0, 0.1) is 0 Å². The number of para-hydroxylation sites is 1. The molecule has 96 valence electrons. The second-order valence-corrected chi connectivity index (χ2v) is 4.41. The summed E-state index contributed by atoms with van der Waals surface area (Å²) >= 11 is 0. The number of anilines is 1. The van der Waals surface area contributed by atoms with Gasteiger partial charge in [0, 0.05) is 12.1 Å². The van der Waals surface area contributed by atoms with E-state index in [2.05, 4.69) is 0 Å². The zero-order chi connectivity index (χ0) is 13.3. The van der Waals surface area contributed by atoms with Crippen molar-refractivity contribution >= 4 is 17.6 Å². The summed E-state index contributed by atoms with van der Waals surface area (Å²) in [6, 6.07) is 5.74. The Morgan fingerprint density at radius 1 is 1.50 bits per heavy atom. The molecule has 2 rings (SSSR count). The summed E-state index contributed by atoms with van der Waals surface area (Å²) in [5, 5.41) is 9.22. The summed E-state index contributed by atoms with van der Waals surface area (Å²) in [6.07, 6.45) is 0.831. The Labute approximate surface area is 105 Å². The van der Waals surface area contributed by atoms with Gasteiger partial charge in [-0.05, 0) is 18.1 Å². The quantitative estimate of drug-likeness (QED) is 0.827. The first-order valence-corrected chi connectivity index (χ1v) is 5.95. The van der Waals surface area contributed by atoms with Crippen molar-refractivity contribution in [3.05, 3.63) is 29.8 Å². The van der Waals surface area contributed by atoms with E-state index in [9.17, 15) is 14.7 Å². The van der Waals surface area contributed by atoms with Gasteiger partial charge < -0.3 is 10.8 Å². The molecule has 2 unspecified atom stereocenters. The van der Waals surface area contributed by atoms with Crippen LogP contribution in [0.25, 0.3) is 0 Å². The smallest absolute Gasteiger partial charge is 0.327 e. The topological polar surface area (TPSA) is 83.6 Å². The number of hydrogen-bond acceptors (Lipinski definition) is 3. The van der Waals surface area contributed by atoms with Crippen LogP contribution < -0.4 is 10.6 Å². The minimum Gasteiger partial charge on any atom is -0.480 e. The van der Waals surface area contributed by atoms with Gasteiger partial charge in [0.1, 0.15) is 6.04 Å². The molecule has 0 saturated carbocycles. The van der Waals surface area contributed by atoms with Gasteiger partial charge in [0.05, 0.1) is 6.04 Å². The maximum atomic E-state index is 12.2. The highest BCUT2D eigenvalue weighted by Crippen LogP contribution is 2.32. The minimum atomic E-state index is -0.997. The Balaban J connectivity index is 2.40. The molecule has 5 nitrogen and oxygen atoms in total. The number of benzene rings is 1. The van der Waals surface area contributed by atoms with Crippen molar-refractivity contribution in [2.75, 3.05) is 4.90 Å². The molecule has 1 amide bonds. The van der Waals surface area contributed by atoms with Gasteiger partial charge in [-0.3, -0.25) is 9.69 Å². The van der Waals surface area contributed by atoms with Gasteiger partial charge in [0.2, 0.25) is 5.91 Å². The number of nitrogens with zero attached hydrogens (tertiary/aromatic N) is 1. The van der Waals surface area contributed by atoms with Crippen LogP contribution in [-0.2, 0) is 16.0 Å². The highest BCUT2D eigenvalue weighted by atomic mass is 16.4. The number of carbonyl (C=O) groups excluding carboxylic acids is 1. The average Bonchev–Trinajstić information content (AvgIpc) is 2.76. The lowest BCUT2D eigenvalue weighted by atomic mass is 10.1. The van der Waals surface area contributed by atoms with Gasteiger partial charge in [0.25, 0.3) is 0 Å². The van der Waals surface area contributed by atoms with Crippen LogP contribution in [0.5, 0.6) is 0 Å². The fourth-order valence-electron chi connectivity index (χ4n) is 2.21. The predicted octanol–water partition coefficient (Wildman–Crippen LogP) is 0.766. The monoisotopic (exact) mass is 248 g/mol. The molecule has 0 bridgehead atoms. The third kappa shape index (κ3) is 1.97. The number of amides is 1. The van der Waals surface area contributed by atoms with E-state index in [1.54, 1.807) is 19.1 Å². The van der Waals surface area contributed by atoms with E-state index in [0.29, 0.717) is 18.5 Å². The number of carbonyl (C=O) groups is 2. The first-order chi connectivity index (χ1) is 8.56. The van der Waals surface area contributed by atoms with E-state index in [1.165, 1.54) is 4.90 Å². The molecule has 0 aliphatic carbocycles. The molecule has 1 aliphatic rings. The molecule has 3 N–H and O–H groups in total. The lowest BCUT2D eigenvalue weighted by molar-refractivity contribution is -0.140. The number of aliphatic carboxylic acids is 1. The molecular formula is C13H16N2O3. The Bertz CT molecular complexity index is 487. The maximum absolute atomic E-state index is 12.2. The van der Waals surface area contributed by atoms with E-state index in [1.807, 2.05) is 12.1 Å². The van der Waals surface area contributed by atoms with Crippen molar-refractivity contribution in [3.63, 3.8) is 0 Å². The van der Waals surface area contributed by atoms with Crippen LogP contribution >= 0.6 is 0 Å². The zero-order valence-electron chi connectivity index (χ0n) is 10.2. The van der Waals surface area contributed by atoms with E-state index < -0.39 is 18.1 Å². The Morgan fingerprint density at radius 2 is 2.17 bits per heavy atom. The number of rotatable bonds is 3. The number of carboxylic acids is 1. The van der Waals surface area contributed by atoms with Crippen LogP contribution in [0.2, 0.25) is 0 Å². The average molecular weight is 248 g/mol. The standard InChI is InChI=1S/C13H16N2O3/c1-2-9(14)12(16)15-10-6-4-3-5-8(10)7-11(15)13(17)18/h3-6,9,11H,2,7,14H2,1H3,(H,17,18). The number of nitrogens with two attached hydrogens (primary N) is 1. The van der Waals surface area contributed by atoms with Crippen molar-refractivity contribution in [2.24, 2.45) is 5.73 Å². The molecule has 1 aromatic rings. The molecule has 0 radical (unpaired) electrons. The molecule has 0 spiro atoms. The molecule has 0 saturated heterocycles. The Hall–Kier alpha value is -1.88. The summed E-state index contributed by atoms with van der Waals surface area (Å²) in [4.78, 5) is 24.8. The summed E-state index contributed by atoms with van der Waals surface area (Å²) < 4.78 is 0. The summed E-state index contributed by atoms with van der Waals surface area (Å²) in [6.45, 7) is 1.81. The molecule has 1 aromatic carbocycles. The highest BCUT2D eigenvalue weighted by molar-refractivity contribution is 6.04. The first-order valence-electron chi connectivity index (χ1n) is 5.95. The first kappa shape index (κ1) is 12.6. The zero-order valence-corrected chi connectivity index (χ0v) is 10.2. The number of fused-ring (bicyclic) bond motifs is 1. The van der Waals surface area contributed by atoms with Crippen molar-refractivity contribution in [2.45, 2.75) is 31.8 Å². The summed E-state index contributed by atoms with van der Waals surface area (Å²) in [5.41, 5.74) is 7.27.